The number of unbranched alkanes of at least 4 members (excludes halogenated alkanes) is 18. The van der Waals surface area contributed by atoms with E-state index in [9.17, 15) is 14.4 Å². The minimum absolute atomic E-state index is 0.129. The Hall–Kier alpha value is -4.97. The molecule has 0 saturated carbocycles. The van der Waals surface area contributed by atoms with Gasteiger partial charge in [0.15, 0.2) is 6.10 Å². The van der Waals surface area contributed by atoms with Crippen molar-refractivity contribution in [1.29, 1.82) is 0 Å². The lowest BCUT2D eigenvalue weighted by Gasteiger charge is -2.18. The molecule has 0 saturated heterocycles. The molecular formula is C67H104O6. The molecule has 6 nitrogen and oxygen atoms in total. The second kappa shape index (κ2) is 59.6. The Morgan fingerprint density at radius 2 is 0.616 bits per heavy atom. The molecule has 0 aliphatic carbocycles. The van der Waals surface area contributed by atoms with Gasteiger partial charge in [-0.05, 0) is 109 Å². The zero-order valence-electron chi connectivity index (χ0n) is 46.6. The highest BCUT2D eigenvalue weighted by molar-refractivity contribution is 5.71. The number of hydrogen-bond acceptors (Lipinski definition) is 6. The molecule has 0 aliphatic heterocycles. The standard InChI is InChI=1S/C67H104O6/c1-4-7-10-13-16-19-22-25-28-31-34-37-39-42-45-48-51-54-57-60-66(69)72-63-64(73-67(70)61-58-55-52-49-46-43-40-36-33-30-27-24-21-18-15-12-9-6-3)62-71-65(68)59-56-53-50-47-44-41-38-35-32-29-26-23-20-17-14-11-8-5-2/h7,10,16,18-19,21,23-30,32-38,40,42,45,51,54,64H,4-6,8-9,11-15,17,20,22,31,39,41,43-44,46-50,52-53,55-63H2,1-3H3/b10-7-,19-16-,21-18-,26-23-,27-24-,28-25-,32-29-,33-30-,37-34-,38-35-,40-36-,45-42-,54-51-. The van der Waals surface area contributed by atoms with Crippen molar-refractivity contribution >= 4 is 17.9 Å². The minimum atomic E-state index is -0.839. The second-order valence-electron chi connectivity index (χ2n) is 18.6. The molecule has 0 N–H and O–H groups in total. The number of allylic oxidation sites excluding steroid dienone is 26. The van der Waals surface area contributed by atoms with Crippen molar-refractivity contribution in [2.45, 2.75) is 232 Å². The fourth-order valence-electron chi connectivity index (χ4n) is 7.30. The van der Waals surface area contributed by atoms with Gasteiger partial charge in [0.25, 0.3) is 0 Å². The quantitative estimate of drug-likeness (QED) is 0.0199. The van der Waals surface area contributed by atoms with Gasteiger partial charge in [-0.2, -0.15) is 0 Å². The first kappa shape index (κ1) is 68.0. The molecule has 73 heavy (non-hydrogen) atoms. The Morgan fingerprint density at radius 1 is 0.301 bits per heavy atom. The molecule has 0 fully saturated rings. The molecule has 1 unspecified atom stereocenters. The van der Waals surface area contributed by atoms with Crippen LogP contribution in [0.3, 0.4) is 0 Å². The fourth-order valence-corrected chi connectivity index (χ4v) is 7.30. The fraction of sp³-hybridized carbons (Fsp3) is 0.567. The molecule has 0 aromatic carbocycles. The molecule has 0 radical (unpaired) electrons. The molecule has 1 atom stereocenters. The van der Waals surface area contributed by atoms with Gasteiger partial charge in [0.2, 0.25) is 0 Å². The van der Waals surface area contributed by atoms with Crippen LogP contribution in [0.4, 0.5) is 0 Å². The van der Waals surface area contributed by atoms with Crippen molar-refractivity contribution in [2.75, 3.05) is 13.2 Å². The molecule has 0 aromatic heterocycles. The number of ether oxygens (including phenoxy) is 3. The van der Waals surface area contributed by atoms with Gasteiger partial charge in [0, 0.05) is 19.3 Å². The van der Waals surface area contributed by atoms with Gasteiger partial charge in [-0.25, -0.2) is 0 Å². The number of carbonyl (C=O) groups is 3. The number of hydrogen-bond donors (Lipinski definition) is 0. The lowest BCUT2D eigenvalue weighted by molar-refractivity contribution is -0.166. The summed E-state index contributed by atoms with van der Waals surface area (Å²) in [6, 6.07) is 0. The van der Waals surface area contributed by atoms with Crippen LogP contribution in [-0.4, -0.2) is 37.2 Å². The average molecular weight is 1010 g/mol. The van der Waals surface area contributed by atoms with Crippen LogP contribution < -0.4 is 0 Å². The van der Waals surface area contributed by atoms with E-state index >= 15 is 0 Å². The zero-order chi connectivity index (χ0) is 52.9. The van der Waals surface area contributed by atoms with E-state index in [4.69, 9.17) is 14.2 Å². The van der Waals surface area contributed by atoms with Crippen LogP contribution in [0.15, 0.2) is 158 Å². The van der Waals surface area contributed by atoms with E-state index in [1.165, 1.54) is 51.4 Å². The van der Waals surface area contributed by atoms with Crippen molar-refractivity contribution in [3.63, 3.8) is 0 Å². The summed E-state index contributed by atoms with van der Waals surface area (Å²) in [5, 5.41) is 0. The van der Waals surface area contributed by atoms with Crippen molar-refractivity contribution in [1.82, 2.24) is 0 Å². The van der Waals surface area contributed by atoms with Gasteiger partial charge < -0.3 is 14.2 Å². The van der Waals surface area contributed by atoms with E-state index in [1.54, 1.807) is 0 Å². The molecule has 0 aromatic rings. The van der Waals surface area contributed by atoms with Crippen LogP contribution in [0, 0.1) is 0 Å². The molecule has 0 spiro atoms. The summed E-state index contributed by atoms with van der Waals surface area (Å²) < 4.78 is 16.8. The highest BCUT2D eigenvalue weighted by atomic mass is 16.6. The smallest absolute Gasteiger partial charge is 0.306 e. The summed E-state index contributed by atoms with van der Waals surface area (Å²) in [7, 11) is 0. The Labute approximate surface area is 448 Å². The third kappa shape index (κ3) is 57.8. The van der Waals surface area contributed by atoms with E-state index in [1.807, 2.05) is 12.2 Å². The molecule has 408 valence electrons. The summed E-state index contributed by atoms with van der Waals surface area (Å²) >= 11 is 0. The summed E-state index contributed by atoms with van der Waals surface area (Å²) in [4.78, 5) is 38.2. The first-order valence-electron chi connectivity index (χ1n) is 29.1. The van der Waals surface area contributed by atoms with Gasteiger partial charge in [0.1, 0.15) is 13.2 Å². The second-order valence-corrected chi connectivity index (χ2v) is 18.6. The highest BCUT2D eigenvalue weighted by Gasteiger charge is 2.19. The van der Waals surface area contributed by atoms with Gasteiger partial charge >= 0.3 is 17.9 Å². The van der Waals surface area contributed by atoms with Gasteiger partial charge in [-0.15, -0.1) is 0 Å². The van der Waals surface area contributed by atoms with Crippen LogP contribution in [0.2, 0.25) is 0 Å². The summed E-state index contributed by atoms with van der Waals surface area (Å²) in [6.45, 7) is 6.35. The largest absolute Gasteiger partial charge is 0.462 e. The van der Waals surface area contributed by atoms with E-state index < -0.39 is 6.10 Å². The van der Waals surface area contributed by atoms with E-state index in [0.717, 1.165) is 128 Å². The molecule has 0 aliphatic rings. The molecule has 0 heterocycles. The summed E-state index contributed by atoms with van der Waals surface area (Å²) in [5.41, 5.74) is 0. The van der Waals surface area contributed by atoms with Gasteiger partial charge in [-0.1, -0.05) is 256 Å². The number of carbonyl (C=O) groups excluding carboxylic acids is 3. The Morgan fingerprint density at radius 3 is 1.04 bits per heavy atom. The molecule has 0 amide bonds. The lowest BCUT2D eigenvalue weighted by atomic mass is 10.1. The van der Waals surface area contributed by atoms with Crippen LogP contribution in [0.1, 0.15) is 226 Å². The van der Waals surface area contributed by atoms with Gasteiger partial charge in [0.05, 0.1) is 0 Å². The maximum atomic E-state index is 12.9. The Kier molecular flexibility index (Phi) is 55.5. The predicted molar refractivity (Wildman–Crippen MR) is 315 cm³/mol. The van der Waals surface area contributed by atoms with Crippen molar-refractivity contribution < 1.29 is 28.6 Å². The molecular weight excluding hydrogens is 901 g/mol. The van der Waals surface area contributed by atoms with Crippen LogP contribution >= 0.6 is 0 Å². The first-order valence-corrected chi connectivity index (χ1v) is 29.1. The molecule has 0 bridgehead atoms. The van der Waals surface area contributed by atoms with Crippen LogP contribution in [0.5, 0.6) is 0 Å². The Bertz CT molecular complexity index is 1670. The third-order valence-corrected chi connectivity index (χ3v) is 11.7. The van der Waals surface area contributed by atoms with Crippen molar-refractivity contribution in [2.24, 2.45) is 0 Å². The topological polar surface area (TPSA) is 78.9 Å². The minimum Gasteiger partial charge on any atom is -0.462 e. The number of esters is 3. The van der Waals surface area contributed by atoms with Crippen LogP contribution in [0.25, 0.3) is 0 Å². The first-order chi connectivity index (χ1) is 36.0. The van der Waals surface area contributed by atoms with Crippen molar-refractivity contribution in [3.8, 4) is 0 Å². The lowest BCUT2D eigenvalue weighted by Crippen LogP contribution is -2.30. The van der Waals surface area contributed by atoms with Gasteiger partial charge in [-0.3, -0.25) is 14.4 Å². The number of rotatable bonds is 50. The van der Waals surface area contributed by atoms with Crippen molar-refractivity contribution in [3.05, 3.63) is 158 Å². The van der Waals surface area contributed by atoms with E-state index in [2.05, 4.69) is 167 Å². The summed E-state index contributed by atoms with van der Waals surface area (Å²) in [5.74, 6) is -1.07. The monoisotopic (exact) mass is 1000 g/mol. The molecule has 0 rings (SSSR count). The summed E-state index contributed by atoms with van der Waals surface area (Å²) in [6.07, 6.45) is 86.6. The maximum absolute atomic E-state index is 12.9. The molecule has 6 heteroatoms. The van der Waals surface area contributed by atoms with E-state index in [0.29, 0.717) is 12.8 Å². The van der Waals surface area contributed by atoms with E-state index in [-0.39, 0.29) is 44.0 Å². The average Bonchev–Trinajstić information content (AvgIpc) is 3.39. The maximum Gasteiger partial charge on any atom is 0.306 e. The normalized spacial score (nSPS) is 13.3. The third-order valence-electron chi connectivity index (χ3n) is 11.7. The zero-order valence-corrected chi connectivity index (χ0v) is 46.6. The highest BCUT2D eigenvalue weighted by Crippen LogP contribution is 2.12. The predicted octanol–water partition coefficient (Wildman–Crippen LogP) is 19.8. The van der Waals surface area contributed by atoms with Crippen LogP contribution in [-0.2, 0) is 28.6 Å². The Balaban J connectivity index is 4.63. The SMILES string of the molecule is CC/C=C\C/C=C\C/C=C\C/C=C\C/C=C\C/C=C\CCC(=O)OCC(COC(=O)CCCCCCC\C=C/C=C\C=C/CCCCCCC)OC(=O)CCCCCCC\C=C/C=C\C=C/C=C\CCCCC.